The van der Waals surface area contributed by atoms with Crippen molar-refractivity contribution < 1.29 is 38.0 Å². The minimum Gasteiger partial charge on any atom is -0.454 e. The molecular weight excluding hydrogens is 550 g/mol. The number of likely N-dealkylation sites (tertiary alicyclic amines) is 1. The molecule has 12 atom stereocenters. The van der Waals surface area contributed by atoms with Crippen molar-refractivity contribution in [1.29, 1.82) is 0 Å². The number of piperidine rings is 1. The van der Waals surface area contributed by atoms with Crippen LogP contribution in [0.25, 0.3) is 0 Å². The molecule has 5 unspecified atom stereocenters. The van der Waals surface area contributed by atoms with E-state index in [1.807, 2.05) is 32.4 Å². The monoisotopic (exact) mass is 595 g/mol. The minimum absolute atomic E-state index is 0.00838. The van der Waals surface area contributed by atoms with Crippen molar-refractivity contribution in [2.24, 2.45) is 34.5 Å². The first-order valence-corrected chi connectivity index (χ1v) is 15.8. The van der Waals surface area contributed by atoms with Crippen LogP contribution in [-0.4, -0.2) is 101 Å². The van der Waals surface area contributed by atoms with Gasteiger partial charge in [-0.25, -0.2) is 4.79 Å². The van der Waals surface area contributed by atoms with Crippen molar-refractivity contribution >= 4 is 11.9 Å². The normalized spacial score (nSPS) is 45.4. The summed E-state index contributed by atoms with van der Waals surface area (Å²) in [4.78, 5) is 29.3. The Hall–Kier alpha value is -2.30. The van der Waals surface area contributed by atoms with E-state index >= 15 is 0 Å². The highest BCUT2D eigenvalue weighted by atomic mass is 16.6. The number of esters is 2. The molecule has 1 heterocycles. The van der Waals surface area contributed by atoms with Gasteiger partial charge in [0, 0.05) is 76.5 Å². The van der Waals surface area contributed by atoms with E-state index < -0.39 is 29.7 Å². The summed E-state index contributed by atoms with van der Waals surface area (Å²) in [5.74, 6) is -0.767. The van der Waals surface area contributed by atoms with E-state index in [-0.39, 0.29) is 52.8 Å². The number of carbonyl (C=O) groups is 2. The summed E-state index contributed by atoms with van der Waals surface area (Å²) in [7, 11) is 7.13. The fourth-order valence-corrected chi connectivity index (χ4v) is 11.6. The minimum atomic E-state index is -1.16. The maximum absolute atomic E-state index is 13.7. The number of methoxy groups -OCH3 is 4. The summed E-state index contributed by atoms with van der Waals surface area (Å²) in [6.45, 7) is 6.16. The lowest BCUT2D eigenvalue weighted by Gasteiger charge is -2.67. The topological polar surface area (TPSA) is 92.8 Å². The number of ether oxygens (including phenoxy) is 6. The third-order valence-corrected chi connectivity index (χ3v) is 12.4. The van der Waals surface area contributed by atoms with Gasteiger partial charge in [-0.05, 0) is 43.9 Å². The molecule has 1 saturated heterocycles. The number of nitrogens with zero attached hydrogens (tertiary/aromatic N) is 1. The largest absolute Gasteiger partial charge is 0.454 e. The summed E-state index contributed by atoms with van der Waals surface area (Å²) in [6, 6.07) is 9.21. The Kier molecular flexibility index (Phi) is 7.10. The van der Waals surface area contributed by atoms with Crippen LogP contribution >= 0.6 is 0 Å². The Bertz CT molecular complexity index is 1300. The number of hydrogen-bond donors (Lipinski definition) is 0. The molecule has 43 heavy (non-hydrogen) atoms. The standard InChI is InChI=1S/C34H45NO8/c1-7-35-17-32(18-38-3)14-13-23(39-4)34-22-16-33(43-19(2)36)24(40-5)15-21(26(29(34)35)27(41-6)28(32)34)25(22)30(33)42-31(37)20-11-9-8-10-12-20/h8-12,15,22-30H,7,13-14,16-18H2,1-6H3/t22?,23-,24-,25?,26?,27-,28?,29?,30+,32-,33-,34-/m0/s1. The average Bonchev–Trinajstić information content (AvgIpc) is 3.35. The second-order valence-electron chi connectivity index (χ2n) is 13.7. The van der Waals surface area contributed by atoms with Crippen LogP contribution in [0.15, 0.2) is 42.0 Å². The predicted molar refractivity (Wildman–Crippen MR) is 156 cm³/mol. The maximum Gasteiger partial charge on any atom is 0.338 e. The molecule has 0 aromatic heterocycles. The molecule has 7 rings (SSSR count). The molecule has 1 aromatic carbocycles. The van der Waals surface area contributed by atoms with Crippen LogP contribution in [0.4, 0.5) is 0 Å². The number of rotatable bonds is 9. The Morgan fingerprint density at radius 1 is 1.02 bits per heavy atom. The van der Waals surface area contributed by atoms with E-state index in [1.54, 1.807) is 26.4 Å². The molecule has 1 aliphatic heterocycles. The smallest absolute Gasteiger partial charge is 0.338 e. The van der Waals surface area contributed by atoms with E-state index in [1.165, 1.54) is 12.5 Å². The molecule has 6 aliphatic rings. The molecule has 0 N–H and O–H groups in total. The van der Waals surface area contributed by atoms with Crippen molar-refractivity contribution in [3.8, 4) is 0 Å². The van der Waals surface area contributed by atoms with Gasteiger partial charge in [0.15, 0.2) is 11.7 Å². The van der Waals surface area contributed by atoms with Crippen molar-refractivity contribution in [3.05, 3.63) is 47.5 Å². The zero-order valence-electron chi connectivity index (χ0n) is 26.1. The molecular formula is C34H45NO8. The van der Waals surface area contributed by atoms with Crippen LogP contribution in [0, 0.1) is 34.5 Å². The molecule has 234 valence electrons. The highest BCUT2D eigenvalue weighted by Crippen LogP contribution is 2.78. The van der Waals surface area contributed by atoms with Crippen molar-refractivity contribution in [3.63, 3.8) is 0 Å². The Balaban J connectivity index is 1.46. The van der Waals surface area contributed by atoms with Gasteiger partial charge in [0.1, 0.15) is 6.10 Å². The highest BCUT2D eigenvalue weighted by molar-refractivity contribution is 5.89. The van der Waals surface area contributed by atoms with Crippen molar-refractivity contribution in [1.82, 2.24) is 4.90 Å². The summed E-state index contributed by atoms with van der Waals surface area (Å²) >= 11 is 0. The van der Waals surface area contributed by atoms with Gasteiger partial charge in [-0.3, -0.25) is 9.69 Å². The van der Waals surface area contributed by atoms with E-state index in [4.69, 9.17) is 28.4 Å². The van der Waals surface area contributed by atoms with Crippen molar-refractivity contribution in [2.75, 3.05) is 48.1 Å². The molecule has 9 heteroatoms. The molecule has 5 fully saturated rings. The van der Waals surface area contributed by atoms with Gasteiger partial charge in [0.05, 0.1) is 24.4 Å². The summed E-state index contributed by atoms with van der Waals surface area (Å²) in [5, 5.41) is 0. The van der Waals surface area contributed by atoms with E-state index in [2.05, 4.69) is 17.9 Å². The molecule has 4 saturated carbocycles. The third-order valence-electron chi connectivity index (χ3n) is 12.4. The van der Waals surface area contributed by atoms with Gasteiger partial charge in [0.2, 0.25) is 0 Å². The van der Waals surface area contributed by atoms with E-state index in [9.17, 15) is 9.59 Å². The first-order valence-electron chi connectivity index (χ1n) is 15.8. The second kappa shape index (κ2) is 10.4. The highest BCUT2D eigenvalue weighted by Gasteiger charge is 2.85. The Labute approximate surface area is 254 Å². The Morgan fingerprint density at radius 2 is 1.79 bits per heavy atom. The first-order chi connectivity index (χ1) is 20.8. The summed E-state index contributed by atoms with van der Waals surface area (Å²) in [5.41, 5.74) is 0.0802. The Morgan fingerprint density at radius 3 is 2.42 bits per heavy atom. The van der Waals surface area contributed by atoms with Crippen LogP contribution in [0.2, 0.25) is 0 Å². The molecule has 1 aromatic rings. The molecule has 0 radical (unpaired) electrons. The second-order valence-corrected chi connectivity index (χ2v) is 13.7. The quantitative estimate of drug-likeness (QED) is 0.314. The van der Waals surface area contributed by atoms with Gasteiger partial charge < -0.3 is 28.4 Å². The zero-order chi connectivity index (χ0) is 30.3. The lowest BCUT2D eigenvalue weighted by atomic mass is 9.44. The SMILES string of the molecule is CCN1C[C@]2(COC)CC[C@H](OC)[C@]34C5C[C@]6(OC(C)=O)[C@@H](OC)C=C(C(C13)[C@H](OC)C24)C5[C@H]6OC(=O)c1ccccc1. The molecule has 1 spiro atoms. The fraction of sp³-hybridized carbons (Fsp3) is 0.706. The van der Waals surface area contributed by atoms with Crippen LogP contribution in [0.3, 0.4) is 0 Å². The van der Waals surface area contributed by atoms with Crippen molar-refractivity contribution in [2.45, 2.75) is 69.2 Å². The molecule has 9 nitrogen and oxygen atoms in total. The third kappa shape index (κ3) is 3.63. The fourth-order valence-electron chi connectivity index (χ4n) is 11.6. The maximum atomic E-state index is 13.7. The number of hydrogen-bond acceptors (Lipinski definition) is 9. The lowest BCUT2D eigenvalue weighted by Crippen LogP contribution is -2.73. The number of fused-ring (bicyclic) bond motifs is 2. The van der Waals surface area contributed by atoms with Crippen LogP contribution < -0.4 is 0 Å². The average molecular weight is 596 g/mol. The van der Waals surface area contributed by atoms with Crippen LogP contribution in [-0.2, 0) is 33.2 Å². The molecule has 7 bridgehead atoms. The van der Waals surface area contributed by atoms with Crippen LogP contribution in [0.1, 0.15) is 43.5 Å². The van der Waals surface area contributed by atoms with Crippen LogP contribution in [0.5, 0.6) is 0 Å². The zero-order valence-corrected chi connectivity index (χ0v) is 26.1. The van der Waals surface area contributed by atoms with E-state index in [0.29, 0.717) is 18.6 Å². The first kappa shape index (κ1) is 29.4. The number of carbonyl (C=O) groups excluding carboxylic acids is 2. The van der Waals surface area contributed by atoms with Gasteiger partial charge in [-0.2, -0.15) is 0 Å². The van der Waals surface area contributed by atoms with Gasteiger partial charge in [-0.15, -0.1) is 0 Å². The molecule has 5 aliphatic carbocycles. The van der Waals surface area contributed by atoms with Gasteiger partial charge in [-0.1, -0.05) is 36.8 Å². The predicted octanol–water partition coefficient (Wildman–Crippen LogP) is 3.51. The number of benzene rings is 1. The van der Waals surface area contributed by atoms with E-state index in [0.717, 1.165) is 25.9 Å². The summed E-state index contributed by atoms with van der Waals surface area (Å²) < 4.78 is 38.1. The molecule has 0 amide bonds. The lowest BCUT2D eigenvalue weighted by molar-refractivity contribution is -0.242. The van der Waals surface area contributed by atoms with Gasteiger partial charge >= 0.3 is 11.9 Å². The summed E-state index contributed by atoms with van der Waals surface area (Å²) in [6.07, 6.45) is 3.23. The van der Waals surface area contributed by atoms with Gasteiger partial charge in [0.25, 0.3) is 0 Å².